The van der Waals surface area contributed by atoms with Gasteiger partial charge in [0.25, 0.3) is 0 Å². The number of ether oxygens (including phenoxy) is 2. The molecule has 3 heteroatoms. The highest BCUT2D eigenvalue weighted by Gasteiger charge is 2.28. The van der Waals surface area contributed by atoms with Crippen LogP contribution >= 0.6 is 22.6 Å². The quantitative estimate of drug-likeness (QED) is 0.453. The highest BCUT2D eigenvalue weighted by Crippen LogP contribution is 2.25. The Balaban J connectivity index is 2.59. The Kier molecular flexibility index (Phi) is 4.69. The van der Waals surface area contributed by atoms with Crippen LogP contribution in [-0.4, -0.2) is 23.9 Å². The third kappa shape index (κ3) is 2.92. The molecule has 1 aliphatic rings. The smallest absolute Gasteiger partial charge is 0.176 e. The zero-order valence-corrected chi connectivity index (χ0v) is 10.5. The van der Waals surface area contributed by atoms with E-state index >= 15 is 0 Å². The van der Waals surface area contributed by atoms with Crippen molar-refractivity contribution in [2.75, 3.05) is 11.5 Å². The molecule has 0 unspecified atom stereocenters. The second-order valence-corrected chi connectivity index (χ2v) is 4.46. The molecule has 0 aromatic heterocycles. The monoisotopic (exact) mass is 296 g/mol. The summed E-state index contributed by atoms with van der Waals surface area (Å²) in [4.78, 5) is 0. The summed E-state index contributed by atoms with van der Waals surface area (Å²) in [6.07, 6.45) is 4.32. The Morgan fingerprint density at radius 1 is 1.54 bits per heavy atom. The maximum absolute atomic E-state index is 5.79. The predicted molar refractivity (Wildman–Crippen MR) is 62.0 cm³/mol. The van der Waals surface area contributed by atoms with Crippen molar-refractivity contribution in [2.24, 2.45) is 11.8 Å². The van der Waals surface area contributed by atoms with Gasteiger partial charge in [-0.2, -0.15) is 0 Å². The minimum Gasteiger partial charge on any atom is -0.352 e. The SMILES string of the molecule is CO[C@H]1C=C[C@H](C)[C@H]([C@H](C)CI)O1. The number of rotatable bonds is 3. The Morgan fingerprint density at radius 2 is 2.23 bits per heavy atom. The van der Waals surface area contributed by atoms with Gasteiger partial charge in [-0.3, -0.25) is 0 Å². The lowest BCUT2D eigenvalue weighted by atomic mass is 9.93. The van der Waals surface area contributed by atoms with Gasteiger partial charge in [0.05, 0.1) is 6.10 Å². The molecule has 0 saturated heterocycles. The van der Waals surface area contributed by atoms with Crippen molar-refractivity contribution < 1.29 is 9.47 Å². The van der Waals surface area contributed by atoms with Gasteiger partial charge in [-0.1, -0.05) is 42.5 Å². The van der Waals surface area contributed by atoms with Gasteiger partial charge < -0.3 is 9.47 Å². The molecule has 0 saturated carbocycles. The molecule has 0 amide bonds. The molecule has 76 valence electrons. The zero-order valence-electron chi connectivity index (χ0n) is 8.37. The van der Waals surface area contributed by atoms with Gasteiger partial charge in [0.15, 0.2) is 6.29 Å². The summed E-state index contributed by atoms with van der Waals surface area (Å²) in [6.45, 7) is 4.41. The van der Waals surface area contributed by atoms with Gasteiger partial charge in [-0.05, 0) is 12.0 Å². The molecule has 1 heterocycles. The Hall–Kier alpha value is 0.390. The van der Waals surface area contributed by atoms with E-state index in [9.17, 15) is 0 Å². The van der Waals surface area contributed by atoms with E-state index in [1.54, 1.807) is 7.11 Å². The van der Waals surface area contributed by atoms with Crippen molar-refractivity contribution in [3.05, 3.63) is 12.2 Å². The summed E-state index contributed by atoms with van der Waals surface area (Å²) in [5.41, 5.74) is 0. The molecule has 0 radical (unpaired) electrons. The van der Waals surface area contributed by atoms with Crippen molar-refractivity contribution in [2.45, 2.75) is 26.2 Å². The van der Waals surface area contributed by atoms with E-state index in [1.807, 2.05) is 6.08 Å². The number of alkyl halides is 1. The maximum atomic E-state index is 5.79. The van der Waals surface area contributed by atoms with Crippen molar-refractivity contribution in [1.82, 2.24) is 0 Å². The molecular formula is C10H17IO2. The molecule has 13 heavy (non-hydrogen) atoms. The van der Waals surface area contributed by atoms with Gasteiger partial charge in [-0.15, -0.1) is 0 Å². The van der Waals surface area contributed by atoms with Crippen LogP contribution in [0.3, 0.4) is 0 Å². The van der Waals surface area contributed by atoms with E-state index in [4.69, 9.17) is 9.47 Å². The first kappa shape index (κ1) is 11.5. The Morgan fingerprint density at radius 3 is 2.77 bits per heavy atom. The lowest BCUT2D eigenvalue weighted by molar-refractivity contribution is -0.154. The van der Waals surface area contributed by atoms with Crippen LogP contribution in [0.2, 0.25) is 0 Å². The number of halogens is 1. The van der Waals surface area contributed by atoms with Gasteiger partial charge in [-0.25, -0.2) is 0 Å². The molecule has 0 fully saturated rings. The predicted octanol–water partition coefficient (Wildman–Crippen LogP) is 2.62. The molecule has 0 N–H and O–H groups in total. The van der Waals surface area contributed by atoms with E-state index < -0.39 is 0 Å². The van der Waals surface area contributed by atoms with Crippen LogP contribution in [0.1, 0.15) is 13.8 Å². The summed E-state index contributed by atoms with van der Waals surface area (Å²) < 4.78 is 12.1. The average Bonchev–Trinajstić information content (AvgIpc) is 2.17. The molecule has 0 aromatic carbocycles. The summed E-state index contributed by atoms with van der Waals surface area (Å²) >= 11 is 2.40. The molecule has 0 bridgehead atoms. The lowest BCUT2D eigenvalue weighted by Crippen LogP contribution is -2.36. The fraction of sp³-hybridized carbons (Fsp3) is 0.800. The van der Waals surface area contributed by atoms with Crippen LogP contribution in [0, 0.1) is 11.8 Å². The van der Waals surface area contributed by atoms with E-state index in [0.717, 1.165) is 4.43 Å². The highest BCUT2D eigenvalue weighted by atomic mass is 127. The van der Waals surface area contributed by atoms with Crippen molar-refractivity contribution in [3.8, 4) is 0 Å². The first-order valence-electron chi connectivity index (χ1n) is 4.61. The second-order valence-electron chi connectivity index (χ2n) is 3.58. The van der Waals surface area contributed by atoms with Gasteiger partial charge in [0.1, 0.15) is 0 Å². The van der Waals surface area contributed by atoms with Crippen LogP contribution in [0.25, 0.3) is 0 Å². The first-order valence-corrected chi connectivity index (χ1v) is 6.14. The van der Waals surface area contributed by atoms with E-state index in [2.05, 4.69) is 42.5 Å². The van der Waals surface area contributed by atoms with Crippen LogP contribution in [0.5, 0.6) is 0 Å². The van der Waals surface area contributed by atoms with Gasteiger partial charge in [0.2, 0.25) is 0 Å². The largest absolute Gasteiger partial charge is 0.352 e. The molecule has 2 nitrogen and oxygen atoms in total. The molecular weight excluding hydrogens is 279 g/mol. The normalized spacial score (nSPS) is 36.2. The van der Waals surface area contributed by atoms with Crippen molar-refractivity contribution >= 4 is 22.6 Å². The molecule has 4 atom stereocenters. The van der Waals surface area contributed by atoms with Crippen molar-refractivity contribution in [3.63, 3.8) is 0 Å². The highest BCUT2D eigenvalue weighted by molar-refractivity contribution is 14.1. The molecule has 0 spiro atoms. The van der Waals surface area contributed by atoms with Gasteiger partial charge in [0, 0.05) is 17.5 Å². The third-order valence-corrected chi connectivity index (χ3v) is 3.81. The fourth-order valence-electron chi connectivity index (χ4n) is 1.57. The fourth-order valence-corrected chi connectivity index (χ4v) is 2.08. The summed E-state index contributed by atoms with van der Waals surface area (Å²) in [5.74, 6) is 1.08. The average molecular weight is 296 g/mol. The third-order valence-electron chi connectivity index (χ3n) is 2.42. The van der Waals surface area contributed by atoms with E-state index in [-0.39, 0.29) is 6.29 Å². The summed E-state index contributed by atoms with van der Waals surface area (Å²) in [5, 5.41) is 0. The second kappa shape index (κ2) is 5.32. The minimum absolute atomic E-state index is 0.147. The van der Waals surface area contributed by atoms with E-state index in [1.165, 1.54) is 0 Å². The molecule has 1 rings (SSSR count). The molecule has 0 aromatic rings. The van der Waals surface area contributed by atoms with Crippen LogP contribution in [-0.2, 0) is 9.47 Å². The number of methoxy groups -OCH3 is 1. The van der Waals surface area contributed by atoms with Crippen molar-refractivity contribution in [1.29, 1.82) is 0 Å². The van der Waals surface area contributed by atoms with E-state index in [0.29, 0.717) is 17.9 Å². The Bertz CT molecular complexity index is 182. The maximum Gasteiger partial charge on any atom is 0.176 e. The summed E-state index contributed by atoms with van der Waals surface area (Å²) in [6, 6.07) is 0. The Labute approximate surface area is 93.8 Å². The van der Waals surface area contributed by atoms with Gasteiger partial charge >= 0.3 is 0 Å². The lowest BCUT2D eigenvalue weighted by Gasteiger charge is -2.33. The van der Waals surface area contributed by atoms with Crippen LogP contribution in [0.15, 0.2) is 12.2 Å². The van der Waals surface area contributed by atoms with Crippen LogP contribution in [0.4, 0.5) is 0 Å². The molecule has 0 aliphatic carbocycles. The number of hydrogen-bond acceptors (Lipinski definition) is 2. The minimum atomic E-state index is -0.147. The standard InChI is InChI=1S/C10H17IO2/c1-7-4-5-9(12-3)13-10(7)8(2)6-11/h4-5,7-10H,6H2,1-3H3/t7-,8+,9+,10+/m0/s1. The topological polar surface area (TPSA) is 18.5 Å². The molecule has 1 aliphatic heterocycles. The first-order chi connectivity index (χ1) is 6.19. The summed E-state index contributed by atoms with van der Waals surface area (Å²) in [7, 11) is 1.68. The zero-order chi connectivity index (χ0) is 9.84. The number of hydrogen-bond donors (Lipinski definition) is 0. The van der Waals surface area contributed by atoms with Crippen LogP contribution < -0.4 is 0 Å².